The van der Waals surface area contributed by atoms with Crippen molar-refractivity contribution in [1.82, 2.24) is 0 Å². The molecule has 0 aromatic carbocycles. The normalized spacial score (nSPS) is 36.0. The number of ether oxygens (including phenoxy) is 3. The fourth-order valence-corrected chi connectivity index (χ4v) is 5.29. The lowest BCUT2D eigenvalue weighted by atomic mass is 9.46. The van der Waals surface area contributed by atoms with Crippen LogP contribution in [0.15, 0.2) is 12.5 Å². The molecule has 140 valence electrons. The smallest absolute Gasteiger partial charge is 0.319 e. The molecule has 25 heavy (non-hydrogen) atoms. The van der Waals surface area contributed by atoms with Crippen LogP contribution in [0.5, 0.6) is 0 Å². The van der Waals surface area contributed by atoms with Gasteiger partial charge in [0.05, 0.1) is 24.5 Å². The van der Waals surface area contributed by atoms with Gasteiger partial charge in [0.1, 0.15) is 0 Å². The second-order valence-electron chi connectivity index (χ2n) is 9.23. The summed E-state index contributed by atoms with van der Waals surface area (Å²) in [4.78, 5) is 24.8. The Hall–Kier alpha value is -1.52. The van der Waals surface area contributed by atoms with Crippen LogP contribution < -0.4 is 0 Å². The standard InChI is InChI=1S/C20H30O5/c1-12(23-5)25-18(22)20-8-13-6-14(9-20)16(15(7-13)10-20)11-24-17(21)19(2,3)4/h13-16H,1,6-11H2,2-5H3. The zero-order valence-electron chi connectivity index (χ0n) is 15.8. The number of esters is 2. The summed E-state index contributed by atoms with van der Waals surface area (Å²) < 4.78 is 15.8. The van der Waals surface area contributed by atoms with Gasteiger partial charge in [-0.15, -0.1) is 0 Å². The molecule has 4 saturated carbocycles. The van der Waals surface area contributed by atoms with Crippen LogP contribution >= 0.6 is 0 Å². The van der Waals surface area contributed by atoms with Crippen molar-refractivity contribution in [2.75, 3.05) is 13.7 Å². The van der Waals surface area contributed by atoms with Crippen molar-refractivity contribution in [3.63, 3.8) is 0 Å². The molecule has 0 amide bonds. The van der Waals surface area contributed by atoms with Crippen molar-refractivity contribution in [3.8, 4) is 0 Å². The summed E-state index contributed by atoms with van der Waals surface area (Å²) in [6, 6.07) is 0. The van der Waals surface area contributed by atoms with E-state index in [0.717, 1.165) is 32.1 Å². The third kappa shape index (κ3) is 3.42. The van der Waals surface area contributed by atoms with Crippen molar-refractivity contribution in [2.45, 2.75) is 52.9 Å². The Kier molecular flexibility index (Phi) is 4.63. The molecule has 0 aromatic heterocycles. The van der Waals surface area contributed by atoms with Crippen LogP contribution in [-0.4, -0.2) is 25.7 Å². The summed E-state index contributed by atoms with van der Waals surface area (Å²) in [5.41, 5.74) is -0.875. The molecule has 4 bridgehead atoms. The fraction of sp³-hybridized carbons (Fsp3) is 0.800. The van der Waals surface area contributed by atoms with Gasteiger partial charge >= 0.3 is 11.9 Å². The Morgan fingerprint density at radius 1 is 1.12 bits per heavy atom. The summed E-state index contributed by atoms with van der Waals surface area (Å²) in [6.07, 6.45) is 4.83. The van der Waals surface area contributed by atoms with Crippen LogP contribution in [0, 0.1) is 34.5 Å². The summed E-state index contributed by atoms with van der Waals surface area (Å²) in [5, 5.41) is 0. The number of hydrogen-bond donors (Lipinski definition) is 0. The lowest BCUT2D eigenvalue weighted by Gasteiger charge is -2.58. The topological polar surface area (TPSA) is 61.8 Å². The first kappa shape index (κ1) is 18.3. The first-order chi connectivity index (χ1) is 11.6. The highest BCUT2D eigenvalue weighted by Gasteiger charge is 2.59. The van der Waals surface area contributed by atoms with E-state index < -0.39 is 10.8 Å². The van der Waals surface area contributed by atoms with Gasteiger partial charge in [-0.05, 0) is 83.1 Å². The van der Waals surface area contributed by atoms with Crippen LogP contribution in [0.25, 0.3) is 0 Å². The van der Waals surface area contributed by atoms with E-state index >= 15 is 0 Å². The minimum Gasteiger partial charge on any atom is -0.469 e. The highest BCUT2D eigenvalue weighted by atomic mass is 16.7. The maximum absolute atomic E-state index is 12.7. The quantitative estimate of drug-likeness (QED) is 0.559. The third-order valence-electron chi connectivity index (χ3n) is 6.35. The lowest BCUT2D eigenvalue weighted by Crippen LogP contribution is -2.55. The number of carbonyl (C=O) groups is 2. The van der Waals surface area contributed by atoms with Gasteiger partial charge in [-0.3, -0.25) is 9.59 Å². The van der Waals surface area contributed by atoms with Gasteiger partial charge in [0, 0.05) is 0 Å². The van der Waals surface area contributed by atoms with E-state index in [2.05, 4.69) is 6.58 Å². The van der Waals surface area contributed by atoms with Gasteiger partial charge in [0.15, 0.2) is 0 Å². The van der Waals surface area contributed by atoms with Gasteiger partial charge in [-0.25, -0.2) is 0 Å². The van der Waals surface area contributed by atoms with Crippen molar-refractivity contribution in [1.29, 1.82) is 0 Å². The summed E-state index contributed by atoms with van der Waals surface area (Å²) >= 11 is 0. The second-order valence-corrected chi connectivity index (χ2v) is 9.23. The van der Waals surface area contributed by atoms with E-state index in [1.54, 1.807) is 0 Å². The molecule has 5 heteroatoms. The van der Waals surface area contributed by atoms with Crippen LogP contribution in [0.2, 0.25) is 0 Å². The average Bonchev–Trinajstić information content (AvgIpc) is 2.52. The zero-order chi connectivity index (χ0) is 18.4. The molecule has 0 aliphatic heterocycles. The predicted octanol–water partition coefficient (Wildman–Crippen LogP) is 3.68. The molecule has 0 radical (unpaired) electrons. The van der Waals surface area contributed by atoms with Crippen molar-refractivity contribution in [2.24, 2.45) is 34.5 Å². The van der Waals surface area contributed by atoms with E-state index in [4.69, 9.17) is 14.2 Å². The van der Waals surface area contributed by atoms with Crippen LogP contribution in [0.1, 0.15) is 52.9 Å². The molecular weight excluding hydrogens is 320 g/mol. The van der Waals surface area contributed by atoms with Crippen molar-refractivity contribution >= 4 is 11.9 Å². The SMILES string of the molecule is C=C(OC)OC(=O)C12CC3CC(C1)C(COC(=O)C(C)(C)C)C(C3)C2. The van der Waals surface area contributed by atoms with E-state index in [9.17, 15) is 9.59 Å². The molecule has 0 N–H and O–H groups in total. The molecule has 4 aliphatic rings. The van der Waals surface area contributed by atoms with Gasteiger partial charge in [0.25, 0.3) is 5.95 Å². The maximum Gasteiger partial charge on any atom is 0.319 e. The van der Waals surface area contributed by atoms with E-state index in [-0.39, 0.29) is 17.9 Å². The number of hydrogen-bond acceptors (Lipinski definition) is 5. The lowest BCUT2D eigenvalue weighted by molar-refractivity contribution is -0.183. The minimum absolute atomic E-state index is 0.0661. The first-order valence-electron chi connectivity index (χ1n) is 9.27. The number of methoxy groups -OCH3 is 1. The maximum atomic E-state index is 12.7. The third-order valence-corrected chi connectivity index (χ3v) is 6.35. The number of carbonyl (C=O) groups excluding carboxylic acids is 2. The Bertz CT molecular complexity index is 557. The summed E-state index contributed by atoms with van der Waals surface area (Å²) in [5.74, 6) is 1.54. The molecule has 0 aromatic rings. The molecule has 2 unspecified atom stereocenters. The van der Waals surface area contributed by atoms with E-state index in [0.29, 0.717) is 30.3 Å². The molecule has 0 spiro atoms. The first-order valence-corrected chi connectivity index (χ1v) is 9.27. The predicted molar refractivity (Wildman–Crippen MR) is 92.1 cm³/mol. The van der Waals surface area contributed by atoms with Gasteiger partial charge in [0.2, 0.25) is 0 Å². The highest BCUT2D eigenvalue weighted by Crippen LogP contribution is 2.62. The largest absolute Gasteiger partial charge is 0.469 e. The van der Waals surface area contributed by atoms with Gasteiger partial charge in [-0.2, -0.15) is 0 Å². The molecule has 4 fully saturated rings. The van der Waals surface area contributed by atoms with Gasteiger partial charge < -0.3 is 14.2 Å². The van der Waals surface area contributed by atoms with Crippen molar-refractivity contribution < 1.29 is 23.8 Å². The second kappa shape index (κ2) is 6.33. The fourth-order valence-electron chi connectivity index (χ4n) is 5.29. The zero-order valence-corrected chi connectivity index (χ0v) is 15.8. The summed E-state index contributed by atoms with van der Waals surface area (Å²) in [7, 11) is 1.45. The summed E-state index contributed by atoms with van der Waals surface area (Å²) in [6.45, 7) is 9.71. The van der Waals surface area contributed by atoms with Crippen LogP contribution in [0.4, 0.5) is 0 Å². The van der Waals surface area contributed by atoms with E-state index in [1.165, 1.54) is 7.11 Å². The van der Waals surface area contributed by atoms with Crippen LogP contribution in [0.3, 0.4) is 0 Å². The Labute approximate surface area is 150 Å². The molecule has 4 rings (SSSR count). The highest BCUT2D eigenvalue weighted by molar-refractivity contribution is 5.78. The Morgan fingerprint density at radius 2 is 1.72 bits per heavy atom. The molecule has 0 saturated heterocycles. The molecule has 2 atom stereocenters. The monoisotopic (exact) mass is 350 g/mol. The van der Waals surface area contributed by atoms with E-state index in [1.807, 2.05) is 20.8 Å². The molecular formula is C20H30O5. The molecule has 4 aliphatic carbocycles. The Balaban J connectivity index is 1.67. The Morgan fingerprint density at radius 3 is 2.24 bits per heavy atom. The molecule has 5 nitrogen and oxygen atoms in total. The molecule has 0 heterocycles. The van der Waals surface area contributed by atoms with Gasteiger partial charge in [-0.1, -0.05) is 0 Å². The number of rotatable bonds is 5. The van der Waals surface area contributed by atoms with Crippen molar-refractivity contribution in [3.05, 3.63) is 12.5 Å². The average molecular weight is 350 g/mol. The van der Waals surface area contributed by atoms with Crippen LogP contribution in [-0.2, 0) is 23.8 Å². The minimum atomic E-state index is -0.475.